The van der Waals surface area contributed by atoms with E-state index in [0.717, 1.165) is 47.9 Å². The van der Waals surface area contributed by atoms with Crippen molar-refractivity contribution in [2.45, 2.75) is 75.8 Å². The molecule has 1 fully saturated rings. The summed E-state index contributed by atoms with van der Waals surface area (Å²) < 4.78 is 5.63. The second-order valence-corrected chi connectivity index (χ2v) is 9.66. The van der Waals surface area contributed by atoms with Crippen LogP contribution in [0.2, 0.25) is 0 Å². The number of carbonyl (C=O) groups excluding carboxylic acids is 2. The molecule has 2 aromatic carbocycles. The SMILES string of the molecule is CCCC(CC(=O)NC1(C(=O)O)CCCCC1)NC(=O)OCC1c2ccccc2-c2ccccc21. The number of carbonyl (C=O) groups is 3. The number of alkyl carbamates (subject to hydrolysis) is 1. The van der Waals surface area contributed by atoms with Gasteiger partial charge in [-0.15, -0.1) is 0 Å². The van der Waals surface area contributed by atoms with E-state index < -0.39 is 23.6 Å². The molecular weight excluding hydrogens is 444 g/mol. The number of carboxylic acids is 1. The Balaban J connectivity index is 1.35. The number of nitrogens with one attached hydrogen (secondary N) is 2. The standard InChI is InChI=1S/C28H34N2O5/c1-2-10-19(17-25(31)30-28(26(32)33)15-8-3-9-16-28)29-27(34)35-18-24-22-13-6-4-11-20(22)21-12-5-7-14-23(21)24/h4-7,11-14,19,24H,2-3,8-10,15-18H2,1H3,(H,29,34)(H,30,31)(H,32,33). The topological polar surface area (TPSA) is 105 Å². The quantitative estimate of drug-likeness (QED) is 0.471. The summed E-state index contributed by atoms with van der Waals surface area (Å²) in [4.78, 5) is 37.3. The minimum absolute atomic E-state index is 0.0209. The van der Waals surface area contributed by atoms with E-state index >= 15 is 0 Å². The van der Waals surface area contributed by atoms with Crippen LogP contribution in [0, 0.1) is 0 Å². The Kier molecular flexibility index (Phi) is 7.73. The molecule has 2 aromatic rings. The van der Waals surface area contributed by atoms with Gasteiger partial charge in [0.05, 0.1) is 0 Å². The molecule has 1 unspecified atom stereocenters. The fourth-order valence-corrected chi connectivity index (χ4v) is 5.47. The number of rotatable bonds is 9. The smallest absolute Gasteiger partial charge is 0.407 e. The Morgan fingerprint density at radius 2 is 1.60 bits per heavy atom. The van der Waals surface area contributed by atoms with E-state index in [-0.39, 0.29) is 24.9 Å². The van der Waals surface area contributed by atoms with Gasteiger partial charge in [0, 0.05) is 18.4 Å². The highest BCUT2D eigenvalue weighted by Crippen LogP contribution is 2.44. The van der Waals surface area contributed by atoms with Crippen LogP contribution in [0.25, 0.3) is 11.1 Å². The lowest BCUT2D eigenvalue weighted by atomic mass is 9.81. The zero-order valence-electron chi connectivity index (χ0n) is 20.2. The second-order valence-electron chi connectivity index (χ2n) is 9.66. The van der Waals surface area contributed by atoms with Crippen molar-refractivity contribution in [3.63, 3.8) is 0 Å². The van der Waals surface area contributed by atoms with Crippen molar-refractivity contribution >= 4 is 18.0 Å². The van der Waals surface area contributed by atoms with Crippen LogP contribution in [0.1, 0.15) is 75.3 Å². The number of carboxylic acid groups (broad SMARTS) is 1. The van der Waals surface area contributed by atoms with Crippen LogP contribution in [-0.4, -0.2) is 41.3 Å². The predicted octanol–water partition coefficient (Wildman–Crippen LogP) is 4.99. The molecule has 0 aromatic heterocycles. The molecule has 4 rings (SSSR count). The van der Waals surface area contributed by atoms with Gasteiger partial charge in [-0.2, -0.15) is 0 Å². The maximum atomic E-state index is 12.8. The number of aliphatic carboxylic acids is 1. The minimum Gasteiger partial charge on any atom is -0.480 e. The molecule has 2 aliphatic carbocycles. The Hall–Kier alpha value is -3.35. The maximum absolute atomic E-state index is 12.8. The molecule has 7 nitrogen and oxygen atoms in total. The number of hydrogen-bond acceptors (Lipinski definition) is 4. The van der Waals surface area contributed by atoms with Crippen molar-refractivity contribution in [2.75, 3.05) is 6.61 Å². The van der Waals surface area contributed by atoms with Crippen LogP contribution in [-0.2, 0) is 14.3 Å². The molecule has 1 atom stereocenters. The zero-order chi connectivity index (χ0) is 24.8. The maximum Gasteiger partial charge on any atom is 0.407 e. The molecule has 3 N–H and O–H groups in total. The molecule has 0 heterocycles. The molecule has 0 saturated heterocycles. The third kappa shape index (κ3) is 5.50. The molecule has 35 heavy (non-hydrogen) atoms. The Morgan fingerprint density at radius 3 is 2.17 bits per heavy atom. The summed E-state index contributed by atoms with van der Waals surface area (Å²) >= 11 is 0. The number of amides is 2. The normalized spacial score (nSPS) is 17.1. The van der Waals surface area contributed by atoms with Crippen molar-refractivity contribution in [3.8, 4) is 11.1 Å². The number of fused-ring (bicyclic) bond motifs is 3. The third-order valence-electron chi connectivity index (χ3n) is 7.23. The number of benzene rings is 2. The zero-order valence-corrected chi connectivity index (χ0v) is 20.2. The first-order chi connectivity index (χ1) is 16.9. The van der Waals surface area contributed by atoms with E-state index in [2.05, 4.69) is 34.9 Å². The summed E-state index contributed by atoms with van der Waals surface area (Å²) in [6, 6.07) is 15.9. The van der Waals surface area contributed by atoms with Gasteiger partial charge in [0.25, 0.3) is 0 Å². The molecular formula is C28H34N2O5. The minimum atomic E-state index is -1.20. The molecule has 2 amide bonds. The molecule has 7 heteroatoms. The lowest BCUT2D eigenvalue weighted by molar-refractivity contribution is -0.149. The molecule has 0 bridgehead atoms. The second kappa shape index (κ2) is 10.9. The van der Waals surface area contributed by atoms with E-state index in [9.17, 15) is 19.5 Å². The molecule has 1 saturated carbocycles. The fourth-order valence-electron chi connectivity index (χ4n) is 5.47. The van der Waals surface area contributed by atoms with Gasteiger partial charge >= 0.3 is 12.1 Å². The number of ether oxygens (including phenoxy) is 1. The highest BCUT2D eigenvalue weighted by molar-refractivity contribution is 5.87. The van der Waals surface area contributed by atoms with E-state index in [1.807, 2.05) is 31.2 Å². The van der Waals surface area contributed by atoms with E-state index in [0.29, 0.717) is 19.3 Å². The van der Waals surface area contributed by atoms with Crippen molar-refractivity contribution in [1.29, 1.82) is 0 Å². The highest BCUT2D eigenvalue weighted by atomic mass is 16.5. The van der Waals surface area contributed by atoms with E-state index in [4.69, 9.17) is 4.74 Å². The average molecular weight is 479 g/mol. The first-order valence-corrected chi connectivity index (χ1v) is 12.6. The van der Waals surface area contributed by atoms with Gasteiger partial charge in [0.15, 0.2) is 0 Å². The van der Waals surface area contributed by atoms with Crippen LogP contribution in [0.15, 0.2) is 48.5 Å². The van der Waals surface area contributed by atoms with Gasteiger partial charge < -0.3 is 20.5 Å². The molecule has 2 aliphatic rings. The van der Waals surface area contributed by atoms with Gasteiger partial charge in [-0.1, -0.05) is 81.1 Å². The summed E-state index contributed by atoms with van der Waals surface area (Å²) in [6.45, 7) is 2.18. The molecule has 0 radical (unpaired) electrons. The first kappa shape index (κ1) is 24.8. The van der Waals surface area contributed by atoms with Crippen LogP contribution in [0.4, 0.5) is 4.79 Å². The summed E-state index contributed by atoms with van der Waals surface area (Å²) in [5.74, 6) is -1.38. The van der Waals surface area contributed by atoms with Crippen LogP contribution in [0.5, 0.6) is 0 Å². The van der Waals surface area contributed by atoms with Gasteiger partial charge in [-0.25, -0.2) is 9.59 Å². The fraction of sp³-hybridized carbons (Fsp3) is 0.464. The lowest BCUT2D eigenvalue weighted by Crippen LogP contribution is -2.56. The van der Waals surface area contributed by atoms with Gasteiger partial charge in [-0.3, -0.25) is 4.79 Å². The van der Waals surface area contributed by atoms with Crippen molar-refractivity contribution in [1.82, 2.24) is 10.6 Å². The Labute approximate surface area is 206 Å². The van der Waals surface area contributed by atoms with Gasteiger partial charge in [-0.05, 0) is 41.5 Å². The van der Waals surface area contributed by atoms with E-state index in [1.54, 1.807) is 0 Å². The summed E-state index contributed by atoms with van der Waals surface area (Å²) in [5, 5.41) is 15.3. The monoisotopic (exact) mass is 478 g/mol. The number of hydrogen-bond donors (Lipinski definition) is 3. The van der Waals surface area contributed by atoms with Crippen LogP contribution < -0.4 is 10.6 Å². The van der Waals surface area contributed by atoms with Crippen LogP contribution in [0.3, 0.4) is 0 Å². The van der Waals surface area contributed by atoms with Gasteiger partial charge in [0.1, 0.15) is 12.1 Å². The van der Waals surface area contributed by atoms with Crippen molar-refractivity contribution in [2.24, 2.45) is 0 Å². The van der Waals surface area contributed by atoms with Crippen molar-refractivity contribution < 1.29 is 24.2 Å². The first-order valence-electron chi connectivity index (χ1n) is 12.6. The average Bonchev–Trinajstić information content (AvgIpc) is 3.17. The van der Waals surface area contributed by atoms with Gasteiger partial charge in [0.2, 0.25) is 5.91 Å². The summed E-state index contributed by atoms with van der Waals surface area (Å²) in [6.07, 6.45) is 4.23. The summed E-state index contributed by atoms with van der Waals surface area (Å²) in [5.41, 5.74) is 3.39. The molecule has 186 valence electrons. The highest BCUT2D eigenvalue weighted by Gasteiger charge is 2.41. The van der Waals surface area contributed by atoms with Crippen LogP contribution >= 0.6 is 0 Å². The summed E-state index contributed by atoms with van der Waals surface area (Å²) in [7, 11) is 0. The Bertz CT molecular complexity index is 1030. The molecule has 0 aliphatic heterocycles. The Morgan fingerprint density at radius 1 is 1.00 bits per heavy atom. The van der Waals surface area contributed by atoms with E-state index in [1.165, 1.54) is 0 Å². The third-order valence-corrected chi connectivity index (χ3v) is 7.23. The largest absolute Gasteiger partial charge is 0.480 e. The molecule has 0 spiro atoms. The van der Waals surface area contributed by atoms with Crippen molar-refractivity contribution in [3.05, 3.63) is 59.7 Å². The lowest BCUT2D eigenvalue weighted by Gasteiger charge is -2.34. The predicted molar refractivity (Wildman–Crippen MR) is 133 cm³/mol.